The number of nitriles is 1. The maximum Gasteiger partial charge on any atom is 0.173 e. The van der Waals surface area contributed by atoms with E-state index in [9.17, 15) is 0 Å². The van der Waals surface area contributed by atoms with Crippen molar-refractivity contribution in [3.8, 4) is 6.19 Å². The molecule has 0 saturated heterocycles. The molecule has 0 atom stereocenters. The molecule has 0 aromatic heterocycles. The van der Waals surface area contributed by atoms with Crippen molar-refractivity contribution in [3.05, 3.63) is 0 Å². The molecule has 2 saturated carbocycles. The van der Waals surface area contributed by atoms with Gasteiger partial charge in [0.2, 0.25) is 0 Å². The number of rotatable bonds is 1. The topological polar surface area (TPSA) is 49.8 Å². The average molecular weight is 224 g/mol. The Morgan fingerprint density at radius 2 is 1.00 bits per heavy atom. The molecule has 94 valence electrons. The fraction of sp³-hybridized carbons (Fsp3) is 0.929. The molecule has 0 aromatic carbocycles. The summed E-state index contributed by atoms with van der Waals surface area (Å²) in [5, 5.41) is 7.10. The Morgan fingerprint density at radius 3 is 1.25 bits per heavy atom. The lowest BCUT2D eigenvalue weighted by molar-refractivity contribution is 0.196. The zero-order chi connectivity index (χ0) is 10.9. The van der Waals surface area contributed by atoms with Crippen LogP contribution in [0.4, 0.5) is 0 Å². The van der Waals surface area contributed by atoms with Crippen LogP contribution in [0.25, 0.3) is 0 Å². The van der Waals surface area contributed by atoms with Gasteiger partial charge in [0.25, 0.3) is 0 Å². The average Bonchev–Trinajstić information content (AvgIpc) is 2.32. The van der Waals surface area contributed by atoms with E-state index in [1.165, 1.54) is 44.7 Å². The molecule has 0 radical (unpaired) electrons. The monoisotopic (exact) mass is 224 g/mol. The quantitative estimate of drug-likeness (QED) is 0.536. The first-order chi connectivity index (χ1) is 7.38. The molecule has 0 unspecified atom stereocenters. The molecule has 2 heteroatoms. The molecule has 0 bridgehead atoms. The Kier molecular flexibility index (Phi) is 9.09. The minimum Gasteiger partial charge on any atom is -0.337 e. The van der Waals surface area contributed by atoms with Crippen LogP contribution in [0.5, 0.6) is 0 Å². The highest BCUT2D eigenvalue weighted by molar-refractivity contribution is 4.76. The molecule has 0 spiro atoms. The SMILES string of the molecule is C.C1CCC(C2CCCCC2)CC1.N#CN. The van der Waals surface area contributed by atoms with E-state index in [-0.39, 0.29) is 7.43 Å². The van der Waals surface area contributed by atoms with Crippen LogP contribution in [0.3, 0.4) is 0 Å². The smallest absolute Gasteiger partial charge is 0.173 e. The largest absolute Gasteiger partial charge is 0.337 e. The summed E-state index contributed by atoms with van der Waals surface area (Å²) in [7, 11) is 0. The van der Waals surface area contributed by atoms with Crippen LogP contribution in [0.2, 0.25) is 0 Å². The van der Waals surface area contributed by atoms with E-state index in [0.29, 0.717) is 0 Å². The first-order valence-corrected chi connectivity index (χ1v) is 6.48. The third kappa shape index (κ3) is 5.39. The lowest BCUT2D eigenvalue weighted by Crippen LogP contribution is -2.20. The van der Waals surface area contributed by atoms with Gasteiger partial charge in [-0.3, -0.25) is 0 Å². The summed E-state index contributed by atoms with van der Waals surface area (Å²) >= 11 is 0. The van der Waals surface area contributed by atoms with Crippen LogP contribution in [0.1, 0.15) is 71.6 Å². The summed E-state index contributed by atoms with van der Waals surface area (Å²) < 4.78 is 0. The third-order valence-corrected chi connectivity index (χ3v) is 3.97. The number of nitrogens with zero attached hydrogens (tertiary/aromatic N) is 1. The summed E-state index contributed by atoms with van der Waals surface area (Å²) in [6.07, 6.45) is 16.6. The van der Waals surface area contributed by atoms with E-state index in [1.807, 2.05) is 0 Å². The molecule has 2 fully saturated rings. The van der Waals surface area contributed by atoms with Gasteiger partial charge in [0, 0.05) is 0 Å². The highest BCUT2D eigenvalue weighted by atomic mass is 14.5. The van der Waals surface area contributed by atoms with E-state index in [4.69, 9.17) is 5.26 Å². The zero-order valence-electron chi connectivity index (χ0n) is 9.75. The summed E-state index contributed by atoms with van der Waals surface area (Å²) in [4.78, 5) is 0. The number of hydrogen-bond donors (Lipinski definition) is 1. The predicted molar refractivity (Wildman–Crippen MR) is 69.7 cm³/mol. The van der Waals surface area contributed by atoms with Crippen molar-refractivity contribution < 1.29 is 0 Å². The van der Waals surface area contributed by atoms with Crippen LogP contribution in [0.15, 0.2) is 0 Å². The Bertz CT molecular complexity index is 167. The lowest BCUT2D eigenvalue weighted by Gasteiger charge is -2.32. The Hall–Kier alpha value is -0.710. The van der Waals surface area contributed by atoms with Crippen molar-refractivity contribution in [2.24, 2.45) is 17.6 Å². The molecule has 0 heterocycles. The van der Waals surface area contributed by atoms with Crippen molar-refractivity contribution in [2.75, 3.05) is 0 Å². The molecule has 0 aromatic rings. The number of hydrogen-bond acceptors (Lipinski definition) is 2. The Labute approximate surface area is 101 Å². The lowest BCUT2D eigenvalue weighted by atomic mass is 9.73. The second kappa shape index (κ2) is 9.51. The van der Waals surface area contributed by atoms with E-state index < -0.39 is 0 Å². The van der Waals surface area contributed by atoms with Crippen LogP contribution < -0.4 is 5.73 Å². The zero-order valence-corrected chi connectivity index (χ0v) is 9.75. The van der Waals surface area contributed by atoms with Gasteiger partial charge in [0.15, 0.2) is 6.19 Å². The molecule has 2 rings (SSSR count). The summed E-state index contributed by atoms with van der Waals surface area (Å²) in [6.45, 7) is 0. The van der Waals surface area contributed by atoms with Gasteiger partial charge in [-0.25, -0.2) is 0 Å². The van der Waals surface area contributed by atoms with Crippen LogP contribution in [-0.4, -0.2) is 0 Å². The molecule has 2 aliphatic rings. The van der Waals surface area contributed by atoms with Gasteiger partial charge < -0.3 is 5.73 Å². The maximum atomic E-state index is 7.10. The van der Waals surface area contributed by atoms with Gasteiger partial charge >= 0.3 is 0 Å². The maximum absolute atomic E-state index is 7.10. The minimum absolute atomic E-state index is 0. The Balaban J connectivity index is 0.000000511. The minimum atomic E-state index is 0. The molecular weight excluding hydrogens is 196 g/mol. The van der Waals surface area contributed by atoms with Gasteiger partial charge in [0.05, 0.1) is 0 Å². The highest BCUT2D eigenvalue weighted by Gasteiger charge is 2.24. The summed E-state index contributed by atoms with van der Waals surface area (Å²) in [5.41, 5.74) is 4.15. The first kappa shape index (κ1) is 15.3. The van der Waals surface area contributed by atoms with Crippen molar-refractivity contribution >= 4 is 0 Å². The normalized spacial score (nSPS) is 22.2. The van der Waals surface area contributed by atoms with Crippen molar-refractivity contribution in [3.63, 3.8) is 0 Å². The molecule has 2 N–H and O–H groups in total. The molecule has 2 nitrogen and oxygen atoms in total. The third-order valence-electron chi connectivity index (χ3n) is 3.97. The van der Waals surface area contributed by atoms with Crippen molar-refractivity contribution in [1.29, 1.82) is 5.26 Å². The van der Waals surface area contributed by atoms with E-state index in [2.05, 4.69) is 5.73 Å². The first-order valence-electron chi connectivity index (χ1n) is 6.48. The van der Waals surface area contributed by atoms with Crippen LogP contribution in [-0.2, 0) is 0 Å². The molecule has 16 heavy (non-hydrogen) atoms. The van der Waals surface area contributed by atoms with E-state index in [1.54, 1.807) is 25.7 Å². The van der Waals surface area contributed by atoms with Crippen molar-refractivity contribution in [2.45, 2.75) is 71.6 Å². The molecule has 2 aliphatic carbocycles. The standard InChI is InChI=1S/C12H22.CH2N2.CH4/c1-3-7-11(8-4-1)12-9-5-2-6-10-12;2-1-3;/h11-12H,1-10H2;2H2;1H4. The fourth-order valence-corrected chi connectivity index (χ4v) is 3.21. The number of nitrogens with two attached hydrogens (primary N) is 1. The van der Waals surface area contributed by atoms with Gasteiger partial charge in [0.1, 0.15) is 0 Å². The highest BCUT2D eigenvalue weighted by Crippen LogP contribution is 2.37. The molecular formula is C14H28N2. The van der Waals surface area contributed by atoms with E-state index >= 15 is 0 Å². The summed E-state index contributed by atoms with van der Waals surface area (Å²) in [6, 6.07) is 0. The fourth-order valence-electron chi connectivity index (χ4n) is 3.21. The molecule has 0 amide bonds. The molecule has 0 aliphatic heterocycles. The second-order valence-corrected chi connectivity index (χ2v) is 4.93. The Morgan fingerprint density at radius 1 is 0.750 bits per heavy atom. The van der Waals surface area contributed by atoms with Gasteiger partial charge in [-0.1, -0.05) is 71.6 Å². The van der Waals surface area contributed by atoms with Gasteiger partial charge in [-0.05, 0) is 11.8 Å². The van der Waals surface area contributed by atoms with Crippen molar-refractivity contribution in [1.82, 2.24) is 0 Å². The van der Waals surface area contributed by atoms with Crippen LogP contribution in [0, 0.1) is 23.3 Å². The second-order valence-electron chi connectivity index (χ2n) is 4.93. The van der Waals surface area contributed by atoms with Gasteiger partial charge in [-0.2, -0.15) is 5.26 Å². The van der Waals surface area contributed by atoms with E-state index in [0.717, 1.165) is 11.8 Å². The predicted octanol–water partition coefficient (Wildman–Crippen LogP) is 4.21. The van der Waals surface area contributed by atoms with Crippen LogP contribution >= 0.6 is 0 Å². The van der Waals surface area contributed by atoms with Gasteiger partial charge in [-0.15, -0.1) is 0 Å². The summed E-state index contributed by atoms with van der Waals surface area (Å²) in [5.74, 6) is 2.28.